The van der Waals surface area contributed by atoms with Crippen molar-refractivity contribution in [1.82, 2.24) is 14.9 Å². The van der Waals surface area contributed by atoms with Gasteiger partial charge < -0.3 is 19.6 Å². The van der Waals surface area contributed by atoms with Crippen LogP contribution in [0.5, 0.6) is 5.75 Å². The second kappa shape index (κ2) is 6.44. The van der Waals surface area contributed by atoms with Crippen molar-refractivity contribution in [3.8, 4) is 5.75 Å². The van der Waals surface area contributed by atoms with Crippen LogP contribution in [0.3, 0.4) is 0 Å². The molecule has 1 unspecified atom stereocenters. The highest BCUT2D eigenvalue weighted by Gasteiger charge is 2.26. The number of carbonyl (C=O) groups is 1. The van der Waals surface area contributed by atoms with Gasteiger partial charge in [0.05, 0.1) is 13.2 Å². The topological polar surface area (TPSA) is 59.0 Å². The summed E-state index contributed by atoms with van der Waals surface area (Å²) in [7, 11) is 3.68. The number of nitrogens with zero attached hydrogens (tertiary/aromatic N) is 1. The molecule has 1 aliphatic carbocycles. The first-order chi connectivity index (χ1) is 13.7. The molecule has 4 aromatic rings. The summed E-state index contributed by atoms with van der Waals surface area (Å²) in [5, 5.41) is 5.45. The molecule has 0 aliphatic heterocycles. The van der Waals surface area contributed by atoms with Gasteiger partial charge in [-0.05, 0) is 61.2 Å². The molecule has 1 aliphatic rings. The van der Waals surface area contributed by atoms with Gasteiger partial charge in [0.15, 0.2) is 0 Å². The maximum atomic E-state index is 13.1. The van der Waals surface area contributed by atoms with E-state index in [4.69, 9.17) is 4.74 Å². The second-order valence-corrected chi connectivity index (χ2v) is 7.51. The molecule has 142 valence electrons. The number of benzene rings is 2. The number of hydrogen-bond donors (Lipinski definition) is 2. The fourth-order valence-corrected chi connectivity index (χ4v) is 4.45. The van der Waals surface area contributed by atoms with E-state index in [9.17, 15) is 4.79 Å². The summed E-state index contributed by atoms with van der Waals surface area (Å²) in [6, 6.07) is 14.0. The highest BCUT2D eigenvalue weighted by molar-refractivity contribution is 6.06. The van der Waals surface area contributed by atoms with Gasteiger partial charge in [0.25, 0.3) is 5.91 Å². The first-order valence-corrected chi connectivity index (χ1v) is 9.69. The Bertz CT molecular complexity index is 1200. The predicted octanol–water partition coefficient (Wildman–Crippen LogP) is 4.48. The summed E-state index contributed by atoms with van der Waals surface area (Å²) < 4.78 is 7.43. The van der Waals surface area contributed by atoms with Crippen molar-refractivity contribution in [2.24, 2.45) is 7.05 Å². The summed E-state index contributed by atoms with van der Waals surface area (Å²) in [4.78, 5) is 16.6. The SMILES string of the molecule is COc1ccc2[nH]c3c(c2c1)CCCC3NC(=O)c1cccc2c1ccn2C. The average molecular weight is 373 g/mol. The Balaban J connectivity index is 1.50. The van der Waals surface area contributed by atoms with Gasteiger partial charge in [0, 0.05) is 46.3 Å². The summed E-state index contributed by atoms with van der Waals surface area (Å²) in [5.41, 5.74) is 5.31. The number of amides is 1. The van der Waals surface area contributed by atoms with E-state index >= 15 is 0 Å². The molecule has 0 bridgehead atoms. The van der Waals surface area contributed by atoms with Crippen LogP contribution in [0.4, 0.5) is 0 Å². The van der Waals surface area contributed by atoms with E-state index in [0.717, 1.165) is 52.7 Å². The van der Waals surface area contributed by atoms with Crippen molar-refractivity contribution in [3.63, 3.8) is 0 Å². The normalized spacial score (nSPS) is 16.3. The largest absolute Gasteiger partial charge is 0.497 e. The predicted molar refractivity (Wildman–Crippen MR) is 111 cm³/mol. The van der Waals surface area contributed by atoms with Gasteiger partial charge in [-0.25, -0.2) is 0 Å². The van der Waals surface area contributed by atoms with Gasteiger partial charge >= 0.3 is 0 Å². The third-order valence-electron chi connectivity index (χ3n) is 5.89. The molecule has 0 radical (unpaired) electrons. The lowest BCUT2D eigenvalue weighted by atomic mass is 9.91. The van der Waals surface area contributed by atoms with Crippen LogP contribution in [-0.4, -0.2) is 22.6 Å². The molecule has 1 amide bonds. The quantitative estimate of drug-likeness (QED) is 0.556. The first-order valence-electron chi connectivity index (χ1n) is 9.69. The number of aromatic nitrogens is 2. The number of hydrogen-bond acceptors (Lipinski definition) is 2. The number of carbonyl (C=O) groups excluding carboxylic acids is 1. The molecule has 5 heteroatoms. The Morgan fingerprint density at radius 1 is 1.21 bits per heavy atom. The van der Waals surface area contributed by atoms with Crippen LogP contribution in [0.1, 0.15) is 40.5 Å². The minimum atomic E-state index is -0.0223. The molecule has 2 aromatic heterocycles. The minimum absolute atomic E-state index is 0.00591. The first kappa shape index (κ1) is 16.9. The molecule has 0 fully saturated rings. The maximum absolute atomic E-state index is 13.1. The molecular formula is C23H23N3O2. The molecule has 1 atom stereocenters. The van der Waals surface area contributed by atoms with Gasteiger partial charge in [0.2, 0.25) is 0 Å². The zero-order valence-electron chi connectivity index (χ0n) is 16.1. The molecule has 28 heavy (non-hydrogen) atoms. The van der Waals surface area contributed by atoms with Crippen LogP contribution >= 0.6 is 0 Å². The Labute approximate surface area is 163 Å². The van der Waals surface area contributed by atoms with Crippen LogP contribution in [0.25, 0.3) is 21.8 Å². The van der Waals surface area contributed by atoms with Crippen LogP contribution in [0, 0.1) is 0 Å². The fraction of sp³-hybridized carbons (Fsp3) is 0.261. The van der Waals surface area contributed by atoms with Crippen LogP contribution in [-0.2, 0) is 13.5 Å². The summed E-state index contributed by atoms with van der Waals surface area (Å²) in [5.74, 6) is 0.835. The number of aryl methyl sites for hydroxylation is 2. The Morgan fingerprint density at radius 2 is 2.11 bits per heavy atom. The second-order valence-electron chi connectivity index (χ2n) is 7.51. The standard InChI is InChI=1S/C23H23N3O2/c1-26-12-11-15-17(6-4-8-21(15)26)23(27)25-20-7-3-5-16-18-13-14(28-2)9-10-19(18)24-22(16)20/h4,6,8-13,20,24H,3,5,7H2,1-2H3,(H,25,27). The maximum Gasteiger partial charge on any atom is 0.252 e. The Hall–Kier alpha value is -3.21. The van der Waals surface area contributed by atoms with Crippen LogP contribution in [0.15, 0.2) is 48.7 Å². The van der Waals surface area contributed by atoms with E-state index in [0.29, 0.717) is 0 Å². The van der Waals surface area contributed by atoms with Crippen molar-refractivity contribution in [3.05, 3.63) is 65.5 Å². The van der Waals surface area contributed by atoms with E-state index in [1.165, 1.54) is 10.9 Å². The number of ether oxygens (including phenoxy) is 1. The zero-order chi connectivity index (χ0) is 19.3. The molecule has 0 saturated carbocycles. The highest BCUT2D eigenvalue weighted by Crippen LogP contribution is 2.36. The number of methoxy groups -OCH3 is 1. The molecular weight excluding hydrogens is 350 g/mol. The molecule has 0 spiro atoms. The summed E-state index contributed by atoms with van der Waals surface area (Å²) in [6.45, 7) is 0. The molecule has 2 N–H and O–H groups in total. The molecule has 2 aromatic carbocycles. The van der Waals surface area contributed by atoms with Gasteiger partial charge in [-0.3, -0.25) is 4.79 Å². The smallest absolute Gasteiger partial charge is 0.252 e. The van der Waals surface area contributed by atoms with Crippen molar-refractivity contribution >= 4 is 27.7 Å². The number of aromatic amines is 1. The number of nitrogens with one attached hydrogen (secondary N) is 2. The molecule has 2 heterocycles. The molecule has 0 saturated heterocycles. The van der Waals surface area contributed by atoms with Crippen molar-refractivity contribution < 1.29 is 9.53 Å². The van der Waals surface area contributed by atoms with Crippen LogP contribution < -0.4 is 10.1 Å². The van der Waals surface area contributed by atoms with Gasteiger partial charge in [-0.1, -0.05) is 6.07 Å². The van der Waals surface area contributed by atoms with E-state index in [2.05, 4.69) is 22.4 Å². The summed E-state index contributed by atoms with van der Waals surface area (Å²) in [6.07, 6.45) is 5.00. The lowest BCUT2D eigenvalue weighted by Gasteiger charge is -2.24. The lowest BCUT2D eigenvalue weighted by molar-refractivity contribution is 0.0933. The third-order valence-corrected chi connectivity index (χ3v) is 5.89. The van der Waals surface area contributed by atoms with Crippen molar-refractivity contribution in [1.29, 1.82) is 0 Å². The Kier molecular flexibility index (Phi) is 3.90. The number of rotatable bonds is 3. The minimum Gasteiger partial charge on any atom is -0.497 e. The zero-order valence-corrected chi connectivity index (χ0v) is 16.1. The van der Waals surface area contributed by atoms with Gasteiger partial charge in [-0.2, -0.15) is 0 Å². The monoisotopic (exact) mass is 373 g/mol. The third kappa shape index (κ3) is 2.58. The van der Waals surface area contributed by atoms with E-state index in [1.807, 2.05) is 48.1 Å². The molecule has 5 rings (SSSR count). The average Bonchev–Trinajstić information content (AvgIpc) is 3.29. The van der Waals surface area contributed by atoms with Crippen molar-refractivity contribution in [2.45, 2.75) is 25.3 Å². The van der Waals surface area contributed by atoms with E-state index in [-0.39, 0.29) is 11.9 Å². The van der Waals surface area contributed by atoms with Gasteiger partial charge in [-0.15, -0.1) is 0 Å². The van der Waals surface area contributed by atoms with E-state index < -0.39 is 0 Å². The lowest BCUT2D eigenvalue weighted by Crippen LogP contribution is -2.31. The fourth-order valence-electron chi connectivity index (χ4n) is 4.45. The van der Waals surface area contributed by atoms with Gasteiger partial charge in [0.1, 0.15) is 5.75 Å². The Morgan fingerprint density at radius 3 is 2.96 bits per heavy atom. The van der Waals surface area contributed by atoms with E-state index in [1.54, 1.807) is 7.11 Å². The summed E-state index contributed by atoms with van der Waals surface area (Å²) >= 11 is 0. The van der Waals surface area contributed by atoms with Crippen LogP contribution in [0.2, 0.25) is 0 Å². The number of H-pyrrole nitrogens is 1. The highest BCUT2D eigenvalue weighted by atomic mass is 16.5. The number of fused-ring (bicyclic) bond motifs is 4. The van der Waals surface area contributed by atoms with Crippen molar-refractivity contribution in [2.75, 3.05) is 7.11 Å². The molecule has 5 nitrogen and oxygen atoms in total.